The number of benzene rings is 1. The summed E-state index contributed by atoms with van der Waals surface area (Å²) in [4.78, 5) is 22.9. The second-order valence-electron chi connectivity index (χ2n) is 6.43. The molecule has 5 heteroatoms. The Labute approximate surface area is 124 Å². The average Bonchev–Trinajstić information content (AvgIpc) is 2.28. The normalized spacial score (nSPS) is 12.8. The molecule has 1 atom stereocenters. The van der Waals surface area contributed by atoms with Gasteiger partial charge in [0, 0.05) is 6.04 Å². The monoisotopic (exact) mass is 295 g/mol. The second-order valence-corrected chi connectivity index (χ2v) is 6.43. The Bertz CT molecular complexity index is 491. The van der Waals surface area contributed by atoms with Gasteiger partial charge in [-0.25, -0.2) is 4.39 Å². The third kappa shape index (κ3) is 7.44. The van der Waals surface area contributed by atoms with Gasteiger partial charge >= 0.3 is 5.97 Å². The van der Waals surface area contributed by atoms with Gasteiger partial charge in [0.15, 0.2) is 0 Å². The molecule has 1 aromatic carbocycles. The van der Waals surface area contributed by atoms with Gasteiger partial charge in [0.1, 0.15) is 5.82 Å². The number of carboxylic acids is 1. The van der Waals surface area contributed by atoms with Crippen LogP contribution in [0.4, 0.5) is 4.39 Å². The van der Waals surface area contributed by atoms with Gasteiger partial charge in [-0.2, -0.15) is 0 Å². The molecule has 1 amide bonds. The predicted molar refractivity (Wildman–Crippen MR) is 78.4 cm³/mol. The van der Waals surface area contributed by atoms with E-state index in [1.807, 2.05) is 20.8 Å². The zero-order valence-corrected chi connectivity index (χ0v) is 12.6. The molecule has 0 radical (unpaired) electrons. The van der Waals surface area contributed by atoms with Gasteiger partial charge in [0.2, 0.25) is 5.91 Å². The van der Waals surface area contributed by atoms with E-state index in [9.17, 15) is 14.0 Å². The van der Waals surface area contributed by atoms with Gasteiger partial charge in [0.05, 0.1) is 12.8 Å². The Morgan fingerprint density at radius 2 is 1.81 bits per heavy atom. The van der Waals surface area contributed by atoms with Crippen LogP contribution in [0.1, 0.15) is 39.2 Å². The molecule has 0 heterocycles. The van der Waals surface area contributed by atoms with Crippen molar-refractivity contribution in [1.29, 1.82) is 0 Å². The molecule has 21 heavy (non-hydrogen) atoms. The smallest absolute Gasteiger partial charge is 0.305 e. The molecule has 0 aliphatic rings. The van der Waals surface area contributed by atoms with E-state index in [1.165, 1.54) is 12.1 Å². The van der Waals surface area contributed by atoms with Crippen molar-refractivity contribution in [3.63, 3.8) is 0 Å². The number of carbonyl (C=O) groups is 2. The minimum atomic E-state index is -0.939. The lowest BCUT2D eigenvalue weighted by molar-refractivity contribution is -0.137. The fraction of sp³-hybridized carbons (Fsp3) is 0.500. The molecule has 1 rings (SSSR count). The zero-order valence-electron chi connectivity index (χ0n) is 12.6. The van der Waals surface area contributed by atoms with Crippen molar-refractivity contribution >= 4 is 11.9 Å². The van der Waals surface area contributed by atoms with Crippen molar-refractivity contribution in [2.45, 2.75) is 46.1 Å². The highest BCUT2D eigenvalue weighted by Gasteiger charge is 2.22. The van der Waals surface area contributed by atoms with Crippen LogP contribution in [0.2, 0.25) is 0 Å². The molecule has 0 aromatic heterocycles. The van der Waals surface area contributed by atoms with E-state index in [2.05, 4.69) is 5.32 Å². The average molecular weight is 295 g/mol. The highest BCUT2D eigenvalue weighted by molar-refractivity contribution is 5.79. The minimum Gasteiger partial charge on any atom is -0.481 e. The van der Waals surface area contributed by atoms with E-state index in [0.717, 1.165) is 0 Å². The van der Waals surface area contributed by atoms with Crippen LogP contribution in [0, 0.1) is 11.2 Å². The van der Waals surface area contributed by atoms with Gasteiger partial charge in [0.25, 0.3) is 0 Å². The summed E-state index contributed by atoms with van der Waals surface area (Å²) >= 11 is 0. The Morgan fingerprint density at radius 3 is 2.29 bits per heavy atom. The first-order valence-corrected chi connectivity index (χ1v) is 6.91. The lowest BCUT2D eigenvalue weighted by atomic mass is 9.87. The molecule has 0 bridgehead atoms. The molecule has 116 valence electrons. The first kappa shape index (κ1) is 17.1. The standard InChI is InChI=1S/C16H22FNO3/c1-16(2,3)10-13(9-15(20)21)18-14(19)8-11-4-6-12(17)7-5-11/h4-7,13H,8-10H2,1-3H3,(H,18,19)(H,20,21). The number of halogens is 1. The molecule has 0 fully saturated rings. The molecule has 0 spiro atoms. The summed E-state index contributed by atoms with van der Waals surface area (Å²) in [6.45, 7) is 5.98. The summed E-state index contributed by atoms with van der Waals surface area (Å²) in [5.41, 5.74) is 0.613. The molecule has 4 nitrogen and oxygen atoms in total. The number of carbonyl (C=O) groups excluding carboxylic acids is 1. The summed E-state index contributed by atoms with van der Waals surface area (Å²) in [6, 6.07) is 5.28. The Morgan fingerprint density at radius 1 is 1.24 bits per heavy atom. The van der Waals surface area contributed by atoms with Crippen LogP contribution in [0.3, 0.4) is 0 Å². The highest BCUT2D eigenvalue weighted by atomic mass is 19.1. The van der Waals surface area contributed by atoms with Crippen molar-refractivity contribution in [3.8, 4) is 0 Å². The fourth-order valence-electron chi connectivity index (χ4n) is 2.19. The van der Waals surface area contributed by atoms with E-state index in [0.29, 0.717) is 12.0 Å². The first-order valence-electron chi connectivity index (χ1n) is 6.91. The van der Waals surface area contributed by atoms with Crippen molar-refractivity contribution in [3.05, 3.63) is 35.6 Å². The minimum absolute atomic E-state index is 0.0801. The van der Waals surface area contributed by atoms with Gasteiger partial charge in [-0.05, 0) is 29.5 Å². The SMILES string of the molecule is CC(C)(C)CC(CC(=O)O)NC(=O)Cc1ccc(F)cc1. The predicted octanol–water partition coefficient (Wildman–Crippen LogP) is 2.76. The largest absolute Gasteiger partial charge is 0.481 e. The number of aliphatic carboxylic acids is 1. The number of amides is 1. The van der Waals surface area contributed by atoms with Gasteiger partial charge < -0.3 is 10.4 Å². The van der Waals surface area contributed by atoms with E-state index < -0.39 is 12.0 Å². The third-order valence-electron chi connectivity index (χ3n) is 2.92. The molecular weight excluding hydrogens is 273 g/mol. The Hall–Kier alpha value is -1.91. The fourth-order valence-corrected chi connectivity index (χ4v) is 2.19. The summed E-state index contributed by atoms with van der Waals surface area (Å²) in [7, 11) is 0. The number of nitrogens with one attached hydrogen (secondary N) is 1. The zero-order chi connectivity index (χ0) is 16.0. The Kier molecular flexibility index (Phi) is 5.88. The van der Waals surface area contributed by atoms with Gasteiger partial charge in [-0.15, -0.1) is 0 Å². The molecular formula is C16H22FNO3. The van der Waals surface area contributed by atoms with Gasteiger partial charge in [-0.3, -0.25) is 9.59 Å². The maximum absolute atomic E-state index is 12.8. The molecule has 1 aromatic rings. The molecule has 2 N–H and O–H groups in total. The van der Waals surface area contributed by atoms with Crippen LogP contribution in [0.15, 0.2) is 24.3 Å². The molecule has 0 aliphatic carbocycles. The topological polar surface area (TPSA) is 66.4 Å². The molecule has 1 unspecified atom stereocenters. The highest BCUT2D eigenvalue weighted by Crippen LogP contribution is 2.22. The molecule has 0 saturated heterocycles. The van der Waals surface area contributed by atoms with Crippen LogP contribution >= 0.6 is 0 Å². The second kappa shape index (κ2) is 7.20. The van der Waals surface area contributed by atoms with Crippen LogP contribution in [0.5, 0.6) is 0 Å². The van der Waals surface area contributed by atoms with Crippen LogP contribution < -0.4 is 5.32 Å². The third-order valence-corrected chi connectivity index (χ3v) is 2.92. The Balaban J connectivity index is 2.62. The number of rotatable bonds is 6. The van der Waals surface area contributed by atoms with Crippen molar-refractivity contribution < 1.29 is 19.1 Å². The van der Waals surface area contributed by atoms with E-state index in [4.69, 9.17) is 5.11 Å². The summed E-state index contributed by atoms with van der Waals surface area (Å²) in [5, 5.41) is 11.7. The van der Waals surface area contributed by atoms with E-state index in [1.54, 1.807) is 12.1 Å². The number of hydrogen-bond acceptors (Lipinski definition) is 2. The van der Waals surface area contributed by atoms with Crippen LogP contribution in [0.25, 0.3) is 0 Å². The number of hydrogen-bond donors (Lipinski definition) is 2. The van der Waals surface area contributed by atoms with Crippen molar-refractivity contribution in [2.75, 3.05) is 0 Å². The summed E-state index contributed by atoms with van der Waals surface area (Å²) in [6.07, 6.45) is 0.585. The van der Waals surface area contributed by atoms with Crippen molar-refractivity contribution in [1.82, 2.24) is 5.32 Å². The van der Waals surface area contributed by atoms with Crippen LogP contribution in [-0.2, 0) is 16.0 Å². The van der Waals surface area contributed by atoms with Gasteiger partial charge in [-0.1, -0.05) is 32.9 Å². The quantitative estimate of drug-likeness (QED) is 0.848. The van der Waals surface area contributed by atoms with E-state index in [-0.39, 0.29) is 30.0 Å². The maximum atomic E-state index is 12.8. The van der Waals surface area contributed by atoms with Crippen LogP contribution in [-0.4, -0.2) is 23.0 Å². The molecule has 0 aliphatic heterocycles. The summed E-state index contributed by atoms with van der Waals surface area (Å²) in [5.74, 6) is -1.54. The lowest BCUT2D eigenvalue weighted by Gasteiger charge is -2.25. The summed E-state index contributed by atoms with van der Waals surface area (Å²) < 4.78 is 12.8. The lowest BCUT2D eigenvalue weighted by Crippen LogP contribution is -2.39. The number of carboxylic acid groups (broad SMARTS) is 1. The maximum Gasteiger partial charge on any atom is 0.305 e. The first-order chi connectivity index (χ1) is 9.65. The molecule has 0 saturated carbocycles. The van der Waals surface area contributed by atoms with Crippen molar-refractivity contribution in [2.24, 2.45) is 5.41 Å². The van der Waals surface area contributed by atoms with E-state index >= 15 is 0 Å².